The molecule has 0 aliphatic heterocycles. The van der Waals surface area contributed by atoms with Crippen LogP contribution in [0.25, 0.3) is 0 Å². The molecule has 1 heterocycles. The summed E-state index contributed by atoms with van der Waals surface area (Å²) in [5.41, 5.74) is 1.000. The van der Waals surface area contributed by atoms with Gasteiger partial charge in [0.05, 0.1) is 5.01 Å². The Balaban J connectivity index is 2.33. The van der Waals surface area contributed by atoms with Crippen molar-refractivity contribution in [3.05, 3.63) is 49.9 Å². The van der Waals surface area contributed by atoms with E-state index in [1.165, 1.54) is 23.5 Å². The van der Waals surface area contributed by atoms with Gasteiger partial charge in [0.1, 0.15) is 11.6 Å². The third-order valence-electron chi connectivity index (χ3n) is 2.89. The molecule has 0 aliphatic rings. The van der Waals surface area contributed by atoms with Gasteiger partial charge in [-0.3, -0.25) is 0 Å². The first-order chi connectivity index (χ1) is 9.51. The molecule has 1 N–H and O–H groups in total. The van der Waals surface area contributed by atoms with Crippen molar-refractivity contribution in [1.82, 2.24) is 10.3 Å². The lowest BCUT2D eigenvalue weighted by atomic mass is 10.0. The van der Waals surface area contributed by atoms with E-state index >= 15 is 0 Å². The van der Waals surface area contributed by atoms with Crippen LogP contribution in [0.15, 0.2) is 22.0 Å². The fraction of sp³-hybridized carbons (Fsp3) is 0.357. The molecule has 1 aromatic heterocycles. The van der Waals surface area contributed by atoms with Gasteiger partial charge in [-0.15, -0.1) is 11.3 Å². The minimum Gasteiger partial charge on any atom is -0.310 e. The number of nitrogens with one attached hydrogen (secondary N) is 1. The summed E-state index contributed by atoms with van der Waals surface area (Å²) in [5.74, 6) is -1.09. The van der Waals surface area contributed by atoms with E-state index in [-0.39, 0.29) is 5.56 Å². The Labute approximate surface area is 129 Å². The highest BCUT2D eigenvalue weighted by atomic mass is 79.9. The molecule has 2 aromatic rings. The second-order valence-electron chi connectivity index (χ2n) is 4.48. The Morgan fingerprint density at radius 1 is 1.35 bits per heavy atom. The molecule has 2 rings (SSSR count). The average Bonchev–Trinajstić information content (AvgIpc) is 2.73. The average molecular weight is 361 g/mol. The summed E-state index contributed by atoms with van der Waals surface area (Å²) < 4.78 is 28.5. The molecule has 0 spiro atoms. The minimum atomic E-state index is -0.545. The highest BCUT2D eigenvalue weighted by Gasteiger charge is 2.21. The molecule has 1 aromatic carbocycles. The third-order valence-corrected chi connectivity index (χ3v) is 4.33. The van der Waals surface area contributed by atoms with Crippen molar-refractivity contribution in [2.24, 2.45) is 0 Å². The Morgan fingerprint density at radius 2 is 2.00 bits per heavy atom. The van der Waals surface area contributed by atoms with Crippen LogP contribution in [0, 0.1) is 18.6 Å². The highest BCUT2D eigenvalue weighted by molar-refractivity contribution is 9.10. The van der Waals surface area contributed by atoms with E-state index in [0.29, 0.717) is 17.4 Å². The summed E-state index contributed by atoms with van der Waals surface area (Å²) in [7, 11) is 0. The molecular formula is C14H15BrF2N2S. The minimum absolute atomic E-state index is 0.0721. The lowest BCUT2D eigenvalue weighted by Gasteiger charge is -2.19. The van der Waals surface area contributed by atoms with Crippen molar-refractivity contribution in [3.63, 3.8) is 0 Å². The maximum absolute atomic E-state index is 14.1. The monoisotopic (exact) mass is 360 g/mol. The summed E-state index contributed by atoms with van der Waals surface area (Å²) in [6, 6.07) is 2.16. The first-order valence-corrected chi connectivity index (χ1v) is 7.97. The molecule has 0 amide bonds. The predicted octanol–water partition coefficient (Wildman–Crippen LogP) is 4.39. The van der Waals surface area contributed by atoms with Crippen LogP contribution in [0.1, 0.15) is 29.2 Å². The van der Waals surface area contributed by atoms with Crippen LogP contribution in [0.2, 0.25) is 0 Å². The van der Waals surface area contributed by atoms with E-state index < -0.39 is 17.7 Å². The number of thiazole rings is 1. The van der Waals surface area contributed by atoms with Crippen LogP contribution in [0.3, 0.4) is 0 Å². The van der Waals surface area contributed by atoms with E-state index in [0.717, 1.165) is 10.7 Å². The van der Waals surface area contributed by atoms with Gasteiger partial charge >= 0.3 is 0 Å². The second-order valence-corrected chi connectivity index (χ2v) is 6.34. The highest BCUT2D eigenvalue weighted by Crippen LogP contribution is 2.28. The summed E-state index contributed by atoms with van der Waals surface area (Å²) in [6.07, 6.45) is 0.474. The van der Waals surface area contributed by atoms with Gasteiger partial charge in [0, 0.05) is 33.6 Å². The van der Waals surface area contributed by atoms with Crippen LogP contribution in [0.4, 0.5) is 8.78 Å². The zero-order valence-electron chi connectivity index (χ0n) is 11.2. The van der Waals surface area contributed by atoms with Crippen molar-refractivity contribution in [2.75, 3.05) is 6.54 Å². The Kier molecular flexibility index (Phi) is 5.23. The van der Waals surface area contributed by atoms with Crippen LogP contribution < -0.4 is 5.32 Å². The number of aromatic nitrogens is 1. The van der Waals surface area contributed by atoms with Crippen molar-refractivity contribution in [1.29, 1.82) is 0 Å². The van der Waals surface area contributed by atoms with Gasteiger partial charge in [-0.1, -0.05) is 22.9 Å². The molecule has 0 saturated heterocycles. The van der Waals surface area contributed by atoms with Gasteiger partial charge in [-0.05, 0) is 25.6 Å². The molecule has 0 saturated carbocycles. The fourth-order valence-corrected chi connectivity index (χ4v) is 3.30. The summed E-state index contributed by atoms with van der Waals surface area (Å²) >= 11 is 4.60. The van der Waals surface area contributed by atoms with Crippen molar-refractivity contribution < 1.29 is 8.78 Å². The van der Waals surface area contributed by atoms with Crippen LogP contribution in [-0.2, 0) is 6.42 Å². The zero-order valence-corrected chi connectivity index (χ0v) is 13.6. The van der Waals surface area contributed by atoms with Gasteiger partial charge in [-0.25, -0.2) is 13.8 Å². The largest absolute Gasteiger partial charge is 0.310 e. The summed E-state index contributed by atoms with van der Waals surface area (Å²) in [6.45, 7) is 4.45. The number of hydrogen-bond acceptors (Lipinski definition) is 3. The molecule has 6 heteroatoms. The molecule has 0 fully saturated rings. The second kappa shape index (κ2) is 6.74. The first-order valence-electron chi connectivity index (χ1n) is 6.30. The molecular weight excluding hydrogens is 346 g/mol. The molecule has 0 radical (unpaired) electrons. The third kappa shape index (κ3) is 3.62. The smallest absolute Gasteiger partial charge is 0.132 e. The fourth-order valence-electron chi connectivity index (χ4n) is 2.08. The molecule has 108 valence electrons. The Hall–Kier alpha value is -0.850. The standard InChI is InChI=1S/C14H15BrF2N2S/c1-3-18-12(6-13-19-8(2)7-20-13)14-10(16)4-9(15)5-11(14)17/h4-5,7,12,18H,3,6H2,1-2H3. The summed E-state index contributed by atoms with van der Waals surface area (Å²) in [5, 5.41) is 5.94. The predicted molar refractivity (Wildman–Crippen MR) is 81.0 cm³/mol. The molecule has 2 nitrogen and oxygen atoms in total. The number of halogens is 3. The van der Waals surface area contributed by atoms with Gasteiger partial charge in [0.2, 0.25) is 0 Å². The van der Waals surface area contributed by atoms with Crippen molar-refractivity contribution in [2.45, 2.75) is 26.3 Å². The van der Waals surface area contributed by atoms with E-state index in [1.807, 2.05) is 19.2 Å². The SMILES string of the molecule is CCNC(Cc1nc(C)cs1)c1c(F)cc(Br)cc1F. The molecule has 0 aliphatic carbocycles. The number of likely N-dealkylation sites (N-methyl/N-ethyl adjacent to an activating group) is 1. The number of aryl methyl sites for hydroxylation is 1. The Morgan fingerprint density at radius 3 is 2.50 bits per heavy atom. The van der Waals surface area contributed by atoms with Gasteiger partial charge in [0.15, 0.2) is 0 Å². The number of nitrogens with zero attached hydrogens (tertiary/aromatic N) is 1. The molecule has 1 atom stereocenters. The van der Waals surface area contributed by atoms with Gasteiger partial charge in [0.25, 0.3) is 0 Å². The number of hydrogen-bond donors (Lipinski definition) is 1. The van der Waals surface area contributed by atoms with Gasteiger partial charge in [-0.2, -0.15) is 0 Å². The van der Waals surface area contributed by atoms with Crippen LogP contribution in [-0.4, -0.2) is 11.5 Å². The number of rotatable bonds is 5. The van der Waals surface area contributed by atoms with E-state index in [4.69, 9.17) is 0 Å². The number of benzene rings is 1. The maximum Gasteiger partial charge on any atom is 0.132 e. The lowest BCUT2D eigenvalue weighted by Crippen LogP contribution is -2.25. The van der Waals surface area contributed by atoms with Gasteiger partial charge < -0.3 is 5.32 Å². The van der Waals surface area contributed by atoms with E-state index in [9.17, 15) is 8.78 Å². The topological polar surface area (TPSA) is 24.9 Å². The Bertz CT molecular complexity index is 578. The molecule has 1 unspecified atom stereocenters. The van der Waals surface area contributed by atoms with Crippen LogP contribution >= 0.6 is 27.3 Å². The quantitative estimate of drug-likeness (QED) is 0.855. The van der Waals surface area contributed by atoms with E-state index in [1.54, 1.807) is 0 Å². The summed E-state index contributed by atoms with van der Waals surface area (Å²) in [4.78, 5) is 4.36. The lowest BCUT2D eigenvalue weighted by molar-refractivity contribution is 0.472. The maximum atomic E-state index is 14.1. The van der Waals surface area contributed by atoms with E-state index in [2.05, 4.69) is 26.2 Å². The first kappa shape index (κ1) is 15.5. The van der Waals surface area contributed by atoms with Crippen LogP contribution in [0.5, 0.6) is 0 Å². The van der Waals surface area contributed by atoms with Crippen molar-refractivity contribution in [3.8, 4) is 0 Å². The molecule has 20 heavy (non-hydrogen) atoms. The molecule has 0 bridgehead atoms. The van der Waals surface area contributed by atoms with Crippen molar-refractivity contribution >= 4 is 27.3 Å². The normalized spacial score (nSPS) is 12.7. The zero-order chi connectivity index (χ0) is 14.7.